The van der Waals surface area contributed by atoms with Crippen molar-refractivity contribution in [3.8, 4) is 0 Å². The highest BCUT2D eigenvalue weighted by atomic mass is 16.8. The minimum atomic E-state index is -0.665. The van der Waals surface area contributed by atoms with Crippen LogP contribution in [0.4, 0.5) is 0 Å². The van der Waals surface area contributed by atoms with Gasteiger partial charge in [0.25, 0.3) is 0 Å². The molecule has 122 valence electrons. The van der Waals surface area contributed by atoms with Crippen LogP contribution in [0, 0.1) is 0 Å². The minimum Gasteiger partial charge on any atom is -0.348 e. The second kappa shape index (κ2) is 4.88. The van der Waals surface area contributed by atoms with Crippen molar-refractivity contribution >= 4 is 0 Å². The zero-order valence-electron chi connectivity index (χ0n) is 13.7. The molecule has 3 aliphatic rings. The summed E-state index contributed by atoms with van der Waals surface area (Å²) in [7, 11) is 0. The highest BCUT2D eigenvalue weighted by Crippen LogP contribution is 2.39. The molecule has 3 aliphatic heterocycles. The van der Waals surface area contributed by atoms with Crippen molar-refractivity contribution < 1.29 is 28.4 Å². The summed E-state index contributed by atoms with van der Waals surface area (Å²) in [5.74, 6) is -1.84. The van der Waals surface area contributed by atoms with E-state index < -0.39 is 17.4 Å². The molecule has 3 heterocycles. The van der Waals surface area contributed by atoms with E-state index in [1.165, 1.54) is 0 Å². The Morgan fingerprint density at radius 1 is 0.571 bits per heavy atom. The molecule has 4 atom stereocenters. The Hall–Kier alpha value is -0.240. The van der Waals surface area contributed by atoms with Gasteiger partial charge in [-0.3, -0.25) is 0 Å². The maximum absolute atomic E-state index is 6.06. The molecule has 3 fully saturated rings. The summed E-state index contributed by atoms with van der Waals surface area (Å²) in [5.41, 5.74) is 0. The van der Waals surface area contributed by atoms with Gasteiger partial charge >= 0.3 is 0 Å². The van der Waals surface area contributed by atoms with Crippen molar-refractivity contribution in [2.45, 2.75) is 83.3 Å². The Morgan fingerprint density at radius 3 is 1.24 bits per heavy atom. The molecule has 6 nitrogen and oxygen atoms in total. The van der Waals surface area contributed by atoms with Crippen LogP contribution in [0.3, 0.4) is 0 Å². The summed E-state index contributed by atoms with van der Waals surface area (Å²) in [6.45, 7) is 12.4. The summed E-state index contributed by atoms with van der Waals surface area (Å²) in [4.78, 5) is 0. The molecular formula is C15H26O6. The van der Waals surface area contributed by atoms with Gasteiger partial charge in [-0.2, -0.15) is 0 Å². The fourth-order valence-corrected chi connectivity index (χ4v) is 3.15. The zero-order chi connectivity index (χ0) is 15.5. The van der Waals surface area contributed by atoms with Crippen LogP contribution >= 0.6 is 0 Å². The molecule has 3 saturated heterocycles. The molecule has 0 radical (unpaired) electrons. The second-order valence-electron chi connectivity index (χ2n) is 7.30. The predicted molar refractivity (Wildman–Crippen MR) is 73.6 cm³/mol. The molecule has 0 bridgehead atoms. The largest absolute Gasteiger partial charge is 0.348 e. The van der Waals surface area contributed by atoms with Gasteiger partial charge in [0.1, 0.15) is 24.4 Å². The Labute approximate surface area is 126 Å². The standard InChI is InChI=1S/C15H26O6/c1-13(2)16-7-9(18-13)11-12(21-15(5,6)20-11)10-8-17-14(3,4)19-10/h9-12H,7-8H2,1-6H3/t9-,10+,11-,12-/m0/s1. The van der Waals surface area contributed by atoms with E-state index in [0.717, 1.165) is 0 Å². The molecule has 21 heavy (non-hydrogen) atoms. The molecule has 0 aromatic carbocycles. The maximum Gasteiger partial charge on any atom is 0.164 e. The van der Waals surface area contributed by atoms with E-state index in [-0.39, 0.29) is 24.4 Å². The van der Waals surface area contributed by atoms with E-state index in [4.69, 9.17) is 28.4 Å². The normalized spacial score (nSPS) is 44.3. The van der Waals surface area contributed by atoms with Gasteiger partial charge in [0.05, 0.1) is 13.2 Å². The van der Waals surface area contributed by atoms with E-state index in [1.807, 2.05) is 41.5 Å². The molecule has 0 N–H and O–H groups in total. The lowest BCUT2D eigenvalue weighted by atomic mass is 10.0. The molecule has 0 spiro atoms. The van der Waals surface area contributed by atoms with Gasteiger partial charge in [-0.15, -0.1) is 0 Å². The van der Waals surface area contributed by atoms with Gasteiger partial charge in [-0.1, -0.05) is 0 Å². The highest BCUT2D eigenvalue weighted by molar-refractivity contribution is 4.96. The van der Waals surface area contributed by atoms with Crippen molar-refractivity contribution in [1.29, 1.82) is 0 Å². The van der Waals surface area contributed by atoms with Crippen LogP contribution in [-0.4, -0.2) is 55.0 Å². The van der Waals surface area contributed by atoms with Crippen LogP contribution < -0.4 is 0 Å². The van der Waals surface area contributed by atoms with Crippen LogP contribution in [0.1, 0.15) is 41.5 Å². The fraction of sp³-hybridized carbons (Fsp3) is 1.00. The van der Waals surface area contributed by atoms with Crippen molar-refractivity contribution in [3.63, 3.8) is 0 Å². The molecule has 0 saturated carbocycles. The van der Waals surface area contributed by atoms with Crippen molar-refractivity contribution in [2.24, 2.45) is 0 Å². The van der Waals surface area contributed by atoms with E-state index in [2.05, 4.69) is 0 Å². The molecule has 0 aliphatic carbocycles. The minimum absolute atomic E-state index is 0.168. The topological polar surface area (TPSA) is 55.4 Å². The van der Waals surface area contributed by atoms with Crippen LogP contribution in [0.2, 0.25) is 0 Å². The Kier molecular flexibility index (Phi) is 3.63. The summed E-state index contributed by atoms with van der Waals surface area (Å²) in [5, 5.41) is 0. The molecule has 3 rings (SSSR count). The summed E-state index contributed by atoms with van der Waals surface area (Å²) in [6, 6.07) is 0. The molecule has 0 aromatic heterocycles. The molecule has 0 aromatic rings. The third kappa shape index (κ3) is 3.25. The first kappa shape index (κ1) is 15.6. The van der Waals surface area contributed by atoms with Crippen LogP contribution in [0.5, 0.6) is 0 Å². The third-order valence-corrected chi connectivity index (χ3v) is 3.96. The third-order valence-electron chi connectivity index (χ3n) is 3.96. The molecule has 0 unspecified atom stereocenters. The van der Waals surface area contributed by atoms with E-state index in [1.54, 1.807) is 0 Å². The molecule has 0 amide bonds. The van der Waals surface area contributed by atoms with Gasteiger partial charge < -0.3 is 28.4 Å². The lowest BCUT2D eigenvalue weighted by Gasteiger charge is -2.26. The van der Waals surface area contributed by atoms with Crippen LogP contribution in [0.15, 0.2) is 0 Å². The highest BCUT2D eigenvalue weighted by Gasteiger charge is 2.54. The first-order valence-corrected chi connectivity index (χ1v) is 7.56. The fourth-order valence-electron chi connectivity index (χ4n) is 3.15. The number of ether oxygens (including phenoxy) is 6. The van der Waals surface area contributed by atoms with Crippen LogP contribution in [-0.2, 0) is 28.4 Å². The Balaban J connectivity index is 1.75. The second-order valence-corrected chi connectivity index (χ2v) is 7.30. The molecular weight excluding hydrogens is 276 g/mol. The van der Waals surface area contributed by atoms with Crippen molar-refractivity contribution in [2.75, 3.05) is 13.2 Å². The average Bonchev–Trinajstić information content (AvgIpc) is 2.94. The lowest BCUT2D eigenvalue weighted by Crippen LogP contribution is -2.45. The smallest absolute Gasteiger partial charge is 0.164 e. The quantitative estimate of drug-likeness (QED) is 0.775. The first-order valence-electron chi connectivity index (χ1n) is 7.56. The van der Waals surface area contributed by atoms with Gasteiger partial charge in [0.2, 0.25) is 0 Å². The summed E-state index contributed by atoms with van der Waals surface area (Å²) < 4.78 is 35.3. The first-order chi connectivity index (χ1) is 9.57. The van der Waals surface area contributed by atoms with Crippen molar-refractivity contribution in [3.05, 3.63) is 0 Å². The molecule has 6 heteroatoms. The van der Waals surface area contributed by atoms with Crippen molar-refractivity contribution in [1.82, 2.24) is 0 Å². The summed E-state index contributed by atoms with van der Waals surface area (Å²) >= 11 is 0. The lowest BCUT2D eigenvalue weighted by molar-refractivity contribution is -0.178. The van der Waals surface area contributed by atoms with Gasteiger partial charge in [0.15, 0.2) is 17.4 Å². The monoisotopic (exact) mass is 302 g/mol. The Morgan fingerprint density at radius 2 is 0.952 bits per heavy atom. The van der Waals surface area contributed by atoms with Crippen LogP contribution in [0.25, 0.3) is 0 Å². The average molecular weight is 302 g/mol. The van der Waals surface area contributed by atoms with E-state index in [0.29, 0.717) is 13.2 Å². The number of hydrogen-bond acceptors (Lipinski definition) is 6. The maximum atomic E-state index is 6.06. The van der Waals surface area contributed by atoms with Gasteiger partial charge in [-0.25, -0.2) is 0 Å². The summed E-state index contributed by atoms with van der Waals surface area (Å²) in [6.07, 6.45) is -0.799. The Bertz CT molecular complexity index is 369. The zero-order valence-corrected chi connectivity index (χ0v) is 13.7. The number of hydrogen-bond donors (Lipinski definition) is 0. The predicted octanol–water partition coefficient (Wildman–Crippen LogP) is 1.81. The van der Waals surface area contributed by atoms with Gasteiger partial charge in [-0.05, 0) is 41.5 Å². The SMILES string of the molecule is CC1(C)O[C@@H]([C@@H]2COC(C)(C)O2)[C@H]([C@H]2COC(C)(C)O2)O1. The van der Waals surface area contributed by atoms with E-state index in [9.17, 15) is 0 Å². The number of rotatable bonds is 2. The van der Waals surface area contributed by atoms with E-state index >= 15 is 0 Å². The van der Waals surface area contributed by atoms with Gasteiger partial charge in [0, 0.05) is 0 Å².